The number of aliphatic hydroxyl groups excluding tert-OH is 1. The van der Waals surface area contributed by atoms with Crippen molar-refractivity contribution >= 4 is 5.69 Å². The van der Waals surface area contributed by atoms with E-state index >= 15 is 0 Å². The Bertz CT molecular complexity index is 444. The van der Waals surface area contributed by atoms with E-state index in [0.717, 1.165) is 25.9 Å². The molecule has 0 spiro atoms. The van der Waals surface area contributed by atoms with Gasteiger partial charge in [0.15, 0.2) is 0 Å². The molecule has 104 valence electrons. The van der Waals surface area contributed by atoms with Crippen molar-refractivity contribution in [2.75, 3.05) is 24.6 Å². The minimum absolute atomic E-state index is 0.126. The van der Waals surface area contributed by atoms with Gasteiger partial charge in [0.05, 0.1) is 6.61 Å². The summed E-state index contributed by atoms with van der Waals surface area (Å²) in [6.45, 7) is 4.50. The summed E-state index contributed by atoms with van der Waals surface area (Å²) in [7, 11) is 0. The molecule has 0 saturated heterocycles. The molecule has 1 heterocycles. The summed E-state index contributed by atoms with van der Waals surface area (Å²) in [5, 5.41) is 13.2. The second-order valence-corrected chi connectivity index (χ2v) is 6.25. The average Bonchev–Trinajstić information content (AvgIpc) is 3.14. The van der Waals surface area contributed by atoms with E-state index in [0.29, 0.717) is 6.04 Å². The van der Waals surface area contributed by atoms with Crippen LogP contribution in [0.2, 0.25) is 0 Å². The molecule has 3 nitrogen and oxygen atoms in total. The number of hydrogen-bond acceptors (Lipinski definition) is 3. The summed E-state index contributed by atoms with van der Waals surface area (Å²) in [6, 6.07) is 9.32. The number of aliphatic hydroxyl groups is 1. The van der Waals surface area contributed by atoms with Gasteiger partial charge in [0.25, 0.3) is 0 Å². The van der Waals surface area contributed by atoms with Gasteiger partial charge in [0.1, 0.15) is 0 Å². The van der Waals surface area contributed by atoms with Crippen molar-refractivity contribution in [3.05, 3.63) is 29.8 Å². The minimum Gasteiger partial charge on any atom is -0.394 e. The molecule has 1 aromatic carbocycles. The van der Waals surface area contributed by atoms with Crippen LogP contribution in [0.3, 0.4) is 0 Å². The third-order valence-corrected chi connectivity index (χ3v) is 4.40. The number of rotatable bonds is 6. The fourth-order valence-corrected chi connectivity index (χ4v) is 2.94. The molecule has 0 amide bonds. The first-order valence-electron chi connectivity index (χ1n) is 7.42. The smallest absolute Gasteiger partial charge is 0.0611 e. The lowest BCUT2D eigenvalue weighted by molar-refractivity contribution is 0.165. The highest BCUT2D eigenvalue weighted by molar-refractivity contribution is 5.57. The number of fused-ring (bicyclic) bond motifs is 1. The van der Waals surface area contributed by atoms with Gasteiger partial charge in [-0.3, -0.25) is 0 Å². The second kappa shape index (κ2) is 5.14. The molecule has 0 aromatic heterocycles. The highest BCUT2D eigenvalue weighted by Crippen LogP contribution is 2.29. The van der Waals surface area contributed by atoms with Crippen LogP contribution in [-0.4, -0.2) is 36.4 Å². The quantitative estimate of drug-likeness (QED) is 0.820. The zero-order valence-corrected chi connectivity index (χ0v) is 11.7. The van der Waals surface area contributed by atoms with Crippen LogP contribution in [0.15, 0.2) is 24.3 Å². The van der Waals surface area contributed by atoms with Crippen molar-refractivity contribution in [3.63, 3.8) is 0 Å². The molecule has 1 fully saturated rings. The van der Waals surface area contributed by atoms with Crippen LogP contribution in [0.5, 0.6) is 0 Å². The Hall–Kier alpha value is -1.06. The number of anilines is 1. The molecule has 19 heavy (non-hydrogen) atoms. The molecule has 1 saturated carbocycles. The van der Waals surface area contributed by atoms with Crippen molar-refractivity contribution in [3.8, 4) is 0 Å². The summed E-state index contributed by atoms with van der Waals surface area (Å²) < 4.78 is 0. The van der Waals surface area contributed by atoms with E-state index in [1.807, 2.05) is 0 Å². The first kappa shape index (κ1) is 12.9. The molecule has 2 aliphatic rings. The Balaban J connectivity index is 1.60. The molecule has 3 rings (SSSR count). The Morgan fingerprint density at radius 3 is 2.89 bits per heavy atom. The maximum atomic E-state index is 9.65. The predicted molar refractivity (Wildman–Crippen MR) is 78.6 cm³/mol. The van der Waals surface area contributed by atoms with Gasteiger partial charge < -0.3 is 15.3 Å². The maximum Gasteiger partial charge on any atom is 0.0611 e. The van der Waals surface area contributed by atoms with Gasteiger partial charge in [-0.15, -0.1) is 0 Å². The molecular formula is C16H24N2O. The molecule has 3 heteroatoms. The average molecular weight is 260 g/mol. The molecule has 1 aliphatic carbocycles. The van der Waals surface area contributed by atoms with E-state index < -0.39 is 0 Å². The summed E-state index contributed by atoms with van der Waals surface area (Å²) in [5.41, 5.74) is 2.72. The van der Waals surface area contributed by atoms with Gasteiger partial charge in [0, 0.05) is 30.4 Å². The maximum absolute atomic E-state index is 9.65. The summed E-state index contributed by atoms with van der Waals surface area (Å²) >= 11 is 0. The zero-order chi connectivity index (χ0) is 13.3. The van der Waals surface area contributed by atoms with Crippen molar-refractivity contribution in [2.24, 2.45) is 0 Å². The second-order valence-electron chi connectivity index (χ2n) is 6.25. The molecule has 0 radical (unpaired) electrons. The van der Waals surface area contributed by atoms with Gasteiger partial charge in [-0.05, 0) is 44.2 Å². The van der Waals surface area contributed by atoms with Crippen molar-refractivity contribution in [1.82, 2.24) is 5.32 Å². The summed E-state index contributed by atoms with van der Waals surface area (Å²) in [6.07, 6.45) is 4.68. The Morgan fingerprint density at radius 1 is 1.37 bits per heavy atom. The Labute approximate surface area is 115 Å². The lowest BCUT2D eigenvalue weighted by Gasteiger charge is -2.32. The van der Waals surface area contributed by atoms with Gasteiger partial charge in [-0.2, -0.15) is 0 Å². The highest BCUT2D eigenvalue weighted by Gasteiger charge is 2.32. The van der Waals surface area contributed by atoms with Crippen molar-refractivity contribution in [1.29, 1.82) is 0 Å². The minimum atomic E-state index is -0.126. The summed E-state index contributed by atoms with van der Waals surface area (Å²) in [5.74, 6) is 0. The zero-order valence-electron chi connectivity index (χ0n) is 11.7. The van der Waals surface area contributed by atoms with Crippen molar-refractivity contribution < 1.29 is 5.11 Å². The lowest BCUT2D eigenvalue weighted by Crippen LogP contribution is -2.49. The number of nitrogens with one attached hydrogen (secondary N) is 1. The topological polar surface area (TPSA) is 35.5 Å². The van der Waals surface area contributed by atoms with Crippen LogP contribution in [0, 0.1) is 0 Å². The van der Waals surface area contributed by atoms with E-state index in [4.69, 9.17) is 0 Å². The molecule has 0 bridgehead atoms. The first-order chi connectivity index (χ1) is 9.20. The van der Waals surface area contributed by atoms with Crippen LogP contribution in [0.25, 0.3) is 0 Å². The van der Waals surface area contributed by atoms with Gasteiger partial charge >= 0.3 is 0 Å². The largest absolute Gasteiger partial charge is 0.394 e. The number of benzene rings is 1. The normalized spacial score (nSPS) is 21.3. The van der Waals surface area contributed by atoms with E-state index in [9.17, 15) is 5.11 Å². The van der Waals surface area contributed by atoms with Gasteiger partial charge in [0.2, 0.25) is 0 Å². The van der Waals surface area contributed by atoms with E-state index in [1.165, 1.54) is 24.1 Å². The standard InChI is InChI=1S/C16H24N2O/c1-16(12-19,17-14-6-7-14)9-11-18-10-8-13-4-2-3-5-15(13)18/h2-5,14,17,19H,6-12H2,1H3. The first-order valence-corrected chi connectivity index (χ1v) is 7.42. The molecule has 2 N–H and O–H groups in total. The van der Waals surface area contributed by atoms with E-state index in [2.05, 4.69) is 41.4 Å². The monoisotopic (exact) mass is 260 g/mol. The highest BCUT2D eigenvalue weighted by atomic mass is 16.3. The molecule has 1 unspecified atom stereocenters. The molecule has 1 aromatic rings. The SMILES string of the molecule is CC(CO)(CCN1CCc2ccccc21)NC1CC1. The lowest BCUT2D eigenvalue weighted by atomic mass is 9.98. The molecule has 1 atom stereocenters. The Kier molecular flexibility index (Phi) is 3.50. The number of hydrogen-bond donors (Lipinski definition) is 2. The van der Waals surface area contributed by atoms with Crippen LogP contribution in [0.4, 0.5) is 5.69 Å². The summed E-state index contributed by atoms with van der Waals surface area (Å²) in [4.78, 5) is 2.46. The van der Waals surface area contributed by atoms with Crippen LogP contribution < -0.4 is 10.2 Å². The van der Waals surface area contributed by atoms with E-state index in [-0.39, 0.29) is 12.1 Å². The van der Waals surface area contributed by atoms with Crippen molar-refractivity contribution in [2.45, 2.75) is 44.2 Å². The van der Waals surface area contributed by atoms with Gasteiger partial charge in [-0.25, -0.2) is 0 Å². The fraction of sp³-hybridized carbons (Fsp3) is 0.625. The molecular weight excluding hydrogens is 236 g/mol. The third kappa shape index (κ3) is 2.93. The Morgan fingerprint density at radius 2 is 2.16 bits per heavy atom. The van der Waals surface area contributed by atoms with E-state index in [1.54, 1.807) is 0 Å². The number of para-hydroxylation sites is 1. The number of nitrogens with zero attached hydrogens (tertiary/aromatic N) is 1. The fourth-order valence-electron chi connectivity index (χ4n) is 2.94. The van der Waals surface area contributed by atoms with Crippen LogP contribution >= 0.6 is 0 Å². The van der Waals surface area contributed by atoms with Crippen LogP contribution in [-0.2, 0) is 6.42 Å². The van der Waals surface area contributed by atoms with Gasteiger partial charge in [-0.1, -0.05) is 18.2 Å². The van der Waals surface area contributed by atoms with Crippen LogP contribution in [0.1, 0.15) is 31.7 Å². The molecule has 1 aliphatic heterocycles. The third-order valence-electron chi connectivity index (χ3n) is 4.40. The predicted octanol–water partition coefficient (Wildman–Crippen LogP) is 1.94.